The average Bonchev–Trinajstić information content (AvgIpc) is 2.88. The van der Waals surface area contributed by atoms with Gasteiger partial charge in [-0.3, -0.25) is 14.5 Å². The third-order valence-corrected chi connectivity index (χ3v) is 5.74. The van der Waals surface area contributed by atoms with Gasteiger partial charge in [-0.25, -0.2) is 13.8 Å². The van der Waals surface area contributed by atoms with Crippen LogP contribution >= 0.6 is 0 Å². The van der Waals surface area contributed by atoms with E-state index in [9.17, 15) is 18.4 Å². The van der Waals surface area contributed by atoms with Gasteiger partial charge in [-0.05, 0) is 48.0 Å². The van der Waals surface area contributed by atoms with Crippen LogP contribution in [0.1, 0.15) is 11.5 Å². The zero-order valence-electron chi connectivity index (χ0n) is 20.0. The summed E-state index contributed by atoms with van der Waals surface area (Å²) in [6, 6.07) is 12.0. The van der Waals surface area contributed by atoms with Crippen LogP contribution in [-0.2, 0) is 14.3 Å². The molecule has 4 rings (SSSR count). The lowest BCUT2D eigenvalue weighted by molar-refractivity contribution is -0.127. The Morgan fingerprint density at radius 2 is 1.84 bits per heavy atom. The van der Waals surface area contributed by atoms with Gasteiger partial charge in [0, 0.05) is 44.1 Å². The highest BCUT2D eigenvalue weighted by atomic mass is 19.1. The van der Waals surface area contributed by atoms with Crippen LogP contribution in [0.15, 0.2) is 60.8 Å². The lowest BCUT2D eigenvalue weighted by Crippen LogP contribution is -2.39. The Balaban J connectivity index is 1.40. The Morgan fingerprint density at radius 3 is 2.54 bits per heavy atom. The molecule has 1 fully saturated rings. The second kappa shape index (κ2) is 12.2. The van der Waals surface area contributed by atoms with E-state index in [0.29, 0.717) is 18.1 Å². The van der Waals surface area contributed by atoms with Gasteiger partial charge in [0.1, 0.15) is 23.3 Å². The Morgan fingerprint density at radius 1 is 1.08 bits per heavy atom. The van der Waals surface area contributed by atoms with E-state index in [-0.39, 0.29) is 17.0 Å². The molecular weight excluding hydrogens is 484 g/mol. The summed E-state index contributed by atoms with van der Waals surface area (Å²) in [6.07, 6.45) is 1.54. The first-order chi connectivity index (χ1) is 17.9. The molecule has 0 saturated carbocycles. The summed E-state index contributed by atoms with van der Waals surface area (Å²) >= 11 is 0. The molecule has 2 amide bonds. The van der Waals surface area contributed by atoms with E-state index in [2.05, 4.69) is 20.5 Å². The van der Waals surface area contributed by atoms with E-state index in [4.69, 9.17) is 15.2 Å². The molecule has 2 heterocycles. The molecule has 2 aromatic carbocycles. The Bertz CT molecular complexity index is 1240. The first-order valence-electron chi connectivity index (χ1n) is 11.7. The molecule has 0 aliphatic carbocycles. The topological polar surface area (TPSA) is 119 Å². The number of primary amides is 1. The number of morpholine rings is 1. The average molecular weight is 512 g/mol. The molecule has 0 bridgehead atoms. The zero-order chi connectivity index (χ0) is 26.2. The minimum absolute atomic E-state index is 0.0529. The predicted octanol–water partition coefficient (Wildman–Crippen LogP) is 3.10. The molecular formula is C26H27F2N5O4. The van der Waals surface area contributed by atoms with Crippen LogP contribution in [0.3, 0.4) is 0 Å². The van der Waals surface area contributed by atoms with Crippen LogP contribution in [0, 0.1) is 11.6 Å². The quantitative estimate of drug-likeness (QED) is 0.358. The molecule has 3 aromatic rings. The summed E-state index contributed by atoms with van der Waals surface area (Å²) in [4.78, 5) is 31.2. The Labute approximate surface area is 212 Å². The summed E-state index contributed by atoms with van der Waals surface area (Å²) in [6.45, 7) is 4.74. The largest absolute Gasteiger partial charge is 0.454 e. The van der Waals surface area contributed by atoms with Crippen LogP contribution in [0.25, 0.3) is 0 Å². The number of nitrogens with two attached hydrogens (primary N) is 1. The number of halogens is 2. The van der Waals surface area contributed by atoms with E-state index in [1.165, 1.54) is 24.3 Å². The highest BCUT2D eigenvalue weighted by Crippen LogP contribution is 2.29. The highest BCUT2D eigenvalue weighted by molar-refractivity contribution is 6.10. The van der Waals surface area contributed by atoms with E-state index >= 15 is 0 Å². The molecule has 1 atom stereocenters. The molecule has 0 radical (unpaired) electrons. The number of amides is 2. The number of anilines is 2. The highest BCUT2D eigenvalue weighted by Gasteiger charge is 2.28. The number of carbonyl (C=O) groups excluding carboxylic acids is 2. The smallest absolute Gasteiger partial charge is 0.241 e. The number of nitrogens with one attached hydrogen (secondary N) is 2. The molecule has 1 aliphatic rings. The molecule has 1 saturated heterocycles. The van der Waals surface area contributed by atoms with Gasteiger partial charge in [-0.1, -0.05) is 6.07 Å². The molecule has 37 heavy (non-hydrogen) atoms. The van der Waals surface area contributed by atoms with Crippen LogP contribution in [0.5, 0.6) is 11.5 Å². The Hall–Kier alpha value is -4.09. The number of hydrogen-bond donors (Lipinski definition) is 3. The number of rotatable bonds is 10. The number of benzene rings is 2. The lowest BCUT2D eigenvalue weighted by Gasteiger charge is -2.26. The van der Waals surface area contributed by atoms with Crippen molar-refractivity contribution in [3.8, 4) is 11.5 Å². The van der Waals surface area contributed by atoms with Gasteiger partial charge in [-0.15, -0.1) is 0 Å². The Kier molecular flexibility index (Phi) is 8.60. The number of ether oxygens (including phenoxy) is 2. The van der Waals surface area contributed by atoms with Gasteiger partial charge in [0.25, 0.3) is 0 Å². The van der Waals surface area contributed by atoms with Gasteiger partial charge < -0.3 is 25.8 Å². The fourth-order valence-corrected chi connectivity index (χ4v) is 3.84. The summed E-state index contributed by atoms with van der Waals surface area (Å²) in [5.41, 5.74) is 5.75. The minimum atomic E-state index is -1.46. The van der Waals surface area contributed by atoms with Gasteiger partial charge in [0.2, 0.25) is 11.8 Å². The monoisotopic (exact) mass is 511 g/mol. The fourth-order valence-electron chi connectivity index (χ4n) is 3.84. The number of nitrogens with zero attached hydrogens (tertiary/aromatic N) is 2. The molecule has 11 heteroatoms. The van der Waals surface area contributed by atoms with Gasteiger partial charge in [-0.2, -0.15) is 0 Å². The lowest BCUT2D eigenvalue weighted by atomic mass is 9.97. The van der Waals surface area contributed by atoms with E-state index in [0.717, 1.165) is 51.0 Å². The summed E-state index contributed by atoms with van der Waals surface area (Å²) in [5.74, 6) is -3.62. The van der Waals surface area contributed by atoms with Gasteiger partial charge >= 0.3 is 0 Å². The second-order valence-electron chi connectivity index (χ2n) is 8.38. The standard InChI is InChI=1S/C26H27F2N5O4/c27-18-2-4-19(5-3-18)32-26(35)24(25(29)34)17-1-6-22(21(28)15-17)37-20-7-8-30-23(16-20)31-9-10-33-11-13-36-14-12-33/h1-8,15-16,24H,9-14H2,(H2,29,34)(H,30,31)(H,32,35). The van der Waals surface area contributed by atoms with E-state index < -0.39 is 29.4 Å². The summed E-state index contributed by atoms with van der Waals surface area (Å²) in [5, 5.41) is 5.70. The van der Waals surface area contributed by atoms with Crippen molar-refractivity contribution in [2.45, 2.75) is 5.92 Å². The third kappa shape index (κ3) is 7.21. The fraction of sp³-hybridized carbons (Fsp3) is 0.269. The molecule has 9 nitrogen and oxygen atoms in total. The van der Waals surface area contributed by atoms with Gasteiger partial charge in [0.15, 0.2) is 11.6 Å². The van der Waals surface area contributed by atoms with Crippen molar-refractivity contribution in [1.82, 2.24) is 9.88 Å². The van der Waals surface area contributed by atoms with E-state index in [1.807, 2.05) is 0 Å². The number of pyridine rings is 1. The number of aromatic nitrogens is 1. The van der Waals surface area contributed by atoms with Crippen molar-refractivity contribution in [3.05, 3.63) is 78.0 Å². The third-order valence-electron chi connectivity index (χ3n) is 5.74. The normalized spacial score (nSPS) is 14.5. The first-order valence-corrected chi connectivity index (χ1v) is 11.7. The van der Waals surface area contributed by atoms with Crippen molar-refractivity contribution in [1.29, 1.82) is 0 Å². The van der Waals surface area contributed by atoms with Crippen molar-refractivity contribution in [3.63, 3.8) is 0 Å². The molecule has 1 unspecified atom stereocenters. The summed E-state index contributed by atoms with van der Waals surface area (Å²) < 4.78 is 39.0. The van der Waals surface area contributed by atoms with Crippen LogP contribution in [0.2, 0.25) is 0 Å². The maximum atomic E-state index is 14.9. The number of hydrogen-bond acceptors (Lipinski definition) is 7. The molecule has 194 valence electrons. The van der Waals surface area contributed by atoms with Crippen molar-refractivity contribution >= 4 is 23.3 Å². The maximum absolute atomic E-state index is 14.9. The molecule has 4 N–H and O–H groups in total. The van der Waals surface area contributed by atoms with Crippen LogP contribution in [0.4, 0.5) is 20.3 Å². The number of carbonyl (C=O) groups is 2. The molecule has 1 aromatic heterocycles. The predicted molar refractivity (Wildman–Crippen MR) is 133 cm³/mol. The first kappa shape index (κ1) is 26.0. The second-order valence-corrected chi connectivity index (χ2v) is 8.38. The SMILES string of the molecule is NC(=O)C(C(=O)Nc1ccc(F)cc1)c1ccc(Oc2ccnc(NCCN3CCOCC3)c2)c(F)c1. The molecule has 1 aliphatic heterocycles. The van der Waals surface area contributed by atoms with Gasteiger partial charge in [0.05, 0.1) is 13.2 Å². The van der Waals surface area contributed by atoms with Crippen molar-refractivity contribution in [2.24, 2.45) is 5.73 Å². The van der Waals surface area contributed by atoms with Crippen molar-refractivity contribution in [2.75, 3.05) is 50.0 Å². The van der Waals surface area contributed by atoms with Crippen LogP contribution in [-0.4, -0.2) is 61.1 Å². The minimum Gasteiger partial charge on any atom is -0.454 e. The van der Waals surface area contributed by atoms with E-state index in [1.54, 1.807) is 18.3 Å². The van der Waals surface area contributed by atoms with Crippen LogP contribution < -0.4 is 21.1 Å². The molecule has 0 spiro atoms. The van der Waals surface area contributed by atoms with Crippen molar-refractivity contribution < 1.29 is 27.8 Å². The maximum Gasteiger partial charge on any atom is 0.241 e. The zero-order valence-corrected chi connectivity index (χ0v) is 20.0. The summed E-state index contributed by atoms with van der Waals surface area (Å²) in [7, 11) is 0.